The van der Waals surface area contributed by atoms with Crippen LogP contribution in [0.3, 0.4) is 0 Å². The SMILES string of the molecule is CC[C@H](CO)NC(=O)N[C@@H]1CCC[C@H](C)CC1. The van der Waals surface area contributed by atoms with Gasteiger partial charge in [-0.2, -0.15) is 0 Å². The van der Waals surface area contributed by atoms with Crippen LogP contribution in [0.2, 0.25) is 0 Å². The van der Waals surface area contributed by atoms with Crippen molar-refractivity contribution in [2.45, 2.75) is 64.5 Å². The van der Waals surface area contributed by atoms with Gasteiger partial charge in [-0.25, -0.2) is 4.79 Å². The summed E-state index contributed by atoms with van der Waals surface area (Å²) in [7, 11) is 0. The van der Waals surface area contributed by atoms with Crippen LogP contribution in [0.4, 0.5) is 4.79 Å². The summed E-state index contributed by atoms with van der Waals surface area (Å²) in [6.45, 7) is 4.24. The van der Waals surface area contributed by atoms with Gasteiger partial charge in [0, 0.05) is 6.04 Å². The number of rotatable bonds is 4. The predicted octanol–water partition coefficient (Wildman–Crippen LogP) is 2.03. The second kappa shape index (κ2) is 7.54. The molecule has 1 rings (SSSR count). The molecule has 0 unspecified atom stereocenters. The van der Waals surface area contributed by atoms with Crippen LogP contribution < -0.4 is 10.6 Å². The number of amides is 2. The van der Waals surface area contributed by atoms with Crippen LogP contribution >= 0.6 is 0 Å². The largest absolute Gasteiger partial charge is 0.394 e. The van der Waals surface area contributed by atoms with Crippen LogP contribution in [0, 0.1) is 5.92 Å². The molecule has 0 spiro atoms. The van der Waals surface area contributed by atoms with Gasteiger partial charge in [-0.1, -0.05) is 26.7 Å². The molecule has 0 aromatic heterocycles. The van der Waals surface area contributed by atoms with Crippen molar-refractivity contribution in [3.05, 3.63) is 0 Å². The van der Waals surface area contributed by atoms with E-state index < -0.39 is 0 Å². The van der Waals surface area contributed by atoms with E-state index in [-0.39, 0.29) is 18.7 Å². The number of nitrogens with one attached hydrogen (secondary N) is 2. The van der Waals surface area contributed by atoms with Crippen LogP contribution in [0.25, 0.3) is 0 Å². The lowest BCUT2D eigenvalue weighted by molar-refractivity contribution is 0.211. The smallest absolute Gasteiger partial charge is 0.315 e. The Morgan fingerprint density at radius 1 is 1.35 bits per heavy atom. The highest BCUT2D eigenvalue weighted by molar-refractivity contribution is 5.74. The first kappa shape index (κ1) is 14.3. The second-order valence-electron chi connectivity index (χ2n) is 5.22. The minimum absolute atomic E-state index is 0.00558. The number of hydrogen-bond donors (Lipinski definition) is 3. The van der Waals surface area contributed by atoms with Crippen LogP contribution in [0.15, 0.2) is 0 Å². The Balaban J connectivity index is 2.29. The van der Waals surface area contributed by atoms with Crippen molar-refractivity contribution in [1.82, 2.24) is 10.6 Å². The lowest BCUT2D eigenvalue weighted by atomic mass is 10.0. The maximum absolute atomic E-state index is 11.7. The molecule has 1 saturated carbocycles. The van der Waals surface area contributed by atoms with Crippen molar-refractivity contribution in [2.75, 3.05) is 6.61 Å². The lowest BCUT2D eigenvalue weighted by Crippen LogP contribution is -2.47. The Morgan fingerprint density at radius 2 is 2.12 bits per heavy atom. The van der Waals surface area contributed by atoms with Gasteiger partial charge in [-0.15, -0.1) is 0 Å². The summed E-state index contributed by atoms with van der Waals surface area (Å²) in [5, 5.41) is 14.8. The number of carbonyl (C=O) groups excluding carboxylic acids is 1. The first-order valence-corrected chi connectivity index (χ1v) is 6.83. The molecule has 0 radical (unpaired) electrons. The average molecular weight is 242 g/mol. The number of aliphatic hydroxyl groups is 1. The molecule has 3 N–H and O–H groups in total. The van der Waals surface area contributed by atoms with Gasteiger partial charge < -0.3 is 15.7 Å². The Morgan fingerprint density at radius 3 is 2.76 bits per heavy atom. The topological polar surface area (TPSA) is 61.4 Å². The molecule has 0 saturated heterocycles. The van der Waals surface area contributed by atoms with Crippen LogP contribution in [-0.4, -0.2) is 29.8 Å². The normalized spacial score (nSPS) is 27.0. The number of hydrogen-bond acceptors (Lipinski definition) is 2. The summed E-state index contributed by atoms with van der Waals surface area (Å²) >= 11 is 0. The van der Waals surface area contributed by atoms with Gasteiger partial charge in [-0.05, 0) is 31.6 Å². The highest BCUT2D eigenvalue weighted by Gasteiger charge is 2.18. The Bertz CT molecular complexity index is 229. The third-order valence-corrected chi connectivity index (χ3v) is 3.64. The molecular weight excluding hydrogens is 216 g/mol. The molecule has 0 heterocycles. The van der Waals surface area contributed by atoms with Crippen LogP contribution in [0.1, 0.15) is 52.4 Å². The quantitative estimate of drug-likeness (QED) is 0.661. The molecule has 0 aromatic carbocycles. The zero-order valence-electron chi connectivity index (χ0n) is 11.0. The van der Waals surface area contributed by atoms with E-state index in [0.29, 0.717) is 6.04 Å². The monoisotopic (exact) mass is 242 g/mol. The van der Waals surface area contributed by atoms with Crippen molar-refractivity contribution in [2.24, 2.45) is 5.92 Å². The molecule has 100 valence electrons. The van der Waals surface area contributed by atoms with E-state index in [2.05, 4.69) is 17.6 Å². The number of carbonyl (C=O) groups is 1. The summed E-state index contributed by atoms with van der Waals surface area (Å²) in [5.41, 5.74) is 0. The molecule has 1 aliphatic rings. The Hall–Kier alpha value is -0.770. The molecule has 4 heteroatoms. The lowest BCUT2D eigenvalue weighted by Gasteiger charge is -2.20. The highest BCUT2D eigenvalue weighted by Crippen LogP contribution is 2.22. The molecular formula is C13H26N2O2. The van der Waals surface area contributed by atoms with E-state index in [9.17, 15) is 4.79 Å². The number of aliphatic hydroxyl groups excluding tert-OH is 1. The third-order valence-electron chi connectivity index (χ3n) is 3.64. The van der Waals surface area contributed by atoms with Gasteiger partial charge in [0.2, 0.25) is 0 Å². The van der Waals surface area contributed by atoms with Crippen molar-refractivity contribution in [3.63, 3.8) is 0 Å². The summed E-state index contributed by atoms with van der Waals surface area (Å²) < 4.78 is 0. The van der Waals surface area contributed by atoms with Gasteiger partial charge in [0.1, 0.15) is 0 Å². The molecule has 1 fully saturated rings. The molecule has 3 atom stereocenters. The highest BCUT2D eigenvalue weighted by atomic mass is 16.3. The van der Waals surface area contributed by atoms with Crippen molar-refractivity contribution in [3.8, 4) is 0 Å². The van der Waals surface area contributed by atoms with Crippen molar-refractivity contribution in [1.29, 1.82) is 0 Å². The molecule has 17 heavy (non-hydrogen) atoms. The summed E-state index contributed by atoms with van der Waals surface area (Å²) in [5.74, 6) is 0.783. The van der Waals surface area contributed by atoms with E-state index in [4.69, 9.17) is 5.11 Å². The third kappa shape index (κ3) is 5.39. The molecule has 0 aromatic rings. The second-order valence-corrected chi connectivity index (χ2v) is 5.22. The van der Waals surface area contributed by atoms with Gasteiger partial charge in [0.25, 0.3) is 0 Å². The molecule has 2 amide bonds. The molecule has 4 nitrogen and oxygen atoms in total. The Labute approximate surface area is 104 Å². The van der Waals surface area contributed by atoms with Crippen molar-refractivity contribution < 1.29 is 9.90 Å². The molecule has 0 bridgehead atoms. The maximum Gasteiger partial charge on any atom is 0.315 e. The fourth-order valence-corrected chi connectivity index (χ4v) is 2.32. The maximum atomic E-state index is 11.7. The first-order valence-electron chi connectivity index (χ1n) is 6.83. The van der Waals surface area contributed by atoms with Gasteiger partial charge in [0.15, 0.2) is 0 Å². The fourth-order valence-electron chi connectivity index (χ4n) is 2.32. The van der Waals surface area contributed by atoms with E-state index >= 15 is 0 Å². The van der Waals surface area contributed by atoms with Crippen molar-refractivity contribution >= 4 is 6.03 Å². The minimum atomic E-state index is -0.134. The summed E-state index contributed by atoms with van der Waals surface area (Å²) in [6.07, 6.45) is 6.57. The number of urea groups is 1. The summed E-state index contributed by atoms with van der Waals surface area (Å²) in [4.78, 5) is 11.7. The van der Waals surface area contributed by atoms with E-state index in [1.54, 1.807) is 0 Å². The minimum Gasteiger partial charge on any atom is -0.394 e. The Kier molecular flexibility index (Phi) is 6.34. The van der Waals surface area contributed by atoms with Gasteiger partial charge >= 0.3 is 6.03 Å². The zero-order valence-corrected chi connectivity index (χ0v) is 11.0. The predicted molar refractivity (Wildman–Crippen MR) is 68.9 cm³/mol. The van der Waals surface area contributed by atoms with Gasteiger partial charge in [0.05, 0.1) is 12.6 Å². The van der Waals surface area contributed by atoms with Crippen LogP contribution in [0.5, 0.6) is 0 Å². The zero-order chi connectivity index (χ0) is 12.7. The average Bonchev–Trinajstić information content (AvgIpc) is 2.51. The van der Waals surface area contributed by atoms with E-state index in [0.717, 1.165) is 25.2 Å². The molecule has 1 aliphatic carbocycles. The van der Waals surface area contributed by atoms with Gasteiger partial charge in [-0.3, -0.25) is 0 Å². The van der Waals surface area contributed by atoms with E-state index in [1.165, 1.54) is 19.3 Å². The molecule has 0 aliphatic heterocycles. The van der Waals surface area contributed by atoms with Crippen LogP contribution in [-0.2, 0) is 0 Å². The first-order chi connectivity index (χ1) is 8.15. The fraction of sp³-hybridized carbons (Fsp3) is 0.923. The standard InChI is InChI=1S/C13H26N2O2/c1-3-11(9-16)14-13(17)15-12-6-4-5-10(2)7-8-12/h10-12,16H,3-9H2,1-2H3,(H2,14,15,17)/t10-,11+,12+/m0/s1. The summed E-state index contributed by atoms with van der Waals surface area (Å²) in [6, 6.07) is 0.0429. The van der Waals surface area contributed by atoms with E-state index in [1.807, 2.05) is 6.92 Å².